The highest BCUT2D eigenvalue weighted by molar-refractivity contribution is 5.87. The van der Waals surface area contributed by atoms with Crippen LogP contribution in [0.15, 0.2) is 36.7 Å². The van der Waals surface area contributed by atoms with Crippen molar-refractivity contribution in [3.05, 3.63) is 53.3 Å². The Morgan fingerprint density at radius 2 is 2.00 bits per heavy atom. The second-order valence-electron chi connectivity index (χ2n) is 4.32. The summed E-state index contributed by atoms with van der Waals surface area (Å²) in [6, 6.07) is 8.78. The lowest BCUT2D eigenvalue weighted by Crippen LogP contribution is -1.97. The van der Waals surface area contributed by atoms with Crippen LogP contribution in [0.5, 0.6) is 0 Å². The first-order chi connectivity index (χ1) is 9.15. The predicted octanol–water partition coefficient (Wildman–Crippen LogP) is 3.00. The summed E-state index contributed by atoms with van der Waals surface area (Å²) in [5.41, 5.74) is 2.80. The number of hydrogen-bond acceptors (Lipinski definition) is 2. The minimum Gasteiger partial charge on any atom is -0.478 e. The second kappa shape index (κ2) is 5.40. The van der Waals surface area contributed by atoms with Gasteiger partial charge in [0.2, 0.25) is 0 Å². The number of aromatic carboxylic acids is 1. The molecule has 0 fully saturated rings. The molecule has 0 amide bonds. The van der Waals surface area contributed by atoms with Crippen LogP contribution in [-0.2, 0) is 6.42 Å². The van der Waals surface area contributed by atoms with Crippen LogP contribution in [0.3, 0.4) is 0 Å². The number of nitrogens with zero attached hydrogens (tertiary/aromatic N) is 2. The van der Waals surface area contributed by atoms with Gasteiger partial charge in [0.25, 0.3) is 0 Å². The van der Waals surface area contributed by atoms with Crippen LogP contribution in [0.4, 0.5) is 0 Å². The molecule has 0 radical (unpaired) electrons. The Morgan fingerprint density at radius 3 is 2.53 bits per heavy atom. The number of aryl methyl sites for hydroxylation is 1. The molecule has 2 rings (SSSR count). The molecule has 1 aromatic carbocycles. The third-order valence-corrected chi connectivity index (χ3v) is 2.96. The van der Waals surface area contributed by atoms with Gasteiger partial charge in [-0.1, -0.05) is 13.3 Å². The molecule has 0 aliphatic rings. The molecule has 0 atom stereocenters. The van der Waals surface area contributed by atoms with E-state index in [0.29, 0.717) is 5.56 Å². The molecule has 4 heteroatoms. The predicted molar refractivity (Wildman–Crippen MR) is 71.4 cm³/mol. The quantitative estimate of drug-likeness (QED) is 0.912. The number of carbonyl (C=O) groups is 1. The Kier molecular flexibility index (Phi) is 3.67. The van der Waals surface area contributed by atoms with Gasteiger partial charge in [0.05, 0.1) is 11.1 Å². The summed E-state index contributed by atoms with van der Waals surface area (Å²) in [6.07, 6.45) is 5.55. The van der Waals surface area contributed by atoms with Gasteiger partial charge < -0.3 is 9.67 Å². The first kappa shape index (κ1) is 12.9. The summed E-state index contributed by atoms with van der Waals surface area (Å²) in [5, 5.41) is 17.9. The summed E-state index contributed by atoms with van der Waals surface area (Å²) < 4.78 is 1.86. The summed E-state index contributed by atoms with van der Waals surface area (Å²) in [4.78, 5) is 10.8. The molecular weight excluding hydrogens is 240 g/mol. The van der Waals surface area contributed by atoms with E-state index in [-0.39, 0.29) is 5.56 Å². The molecule has 0 unspecified atom stereocenters. The van der Waals surface area contributed by atoms with Crippen molar-refractivity contribution in [3.63, 3.8) is 0 Å². The molecule has 4 nitrogen and oxygen atoms in total. The van der Waals surface area contributed by atoms with E-state index in [1.165, 1.54) is 0 Å². The molecule has 2 aromatic rings. The zero-order valence-corrected chi connectivity index (χ0v) is 10.6. The number of carboxylic acid groups (broad SMARTS) is 1. The van der Waals surface area contributed by atoms with Gasteiger partial charge in [-0.15, -0.1) is 0 Å². The number of benzene rings is 1. The van der Waals surface area contributed by atoms with Gasteiger partial charge in [0, 0.05) is 18.1 Å². The maximum Gasteiger partial charge on any atom is 0.335 e. The van der Waals surface area contributed by atoms with Gasteiger partial charge in [-0.3, -0.25) is 0 Å². The summed E-state index contributed by atoms with van der Waals surface area (Å²) in [7, 11) is 0. The average molecular weight is 254 g/mol. The van der Waals surface area contributed by atoms with Crippen molar-refractivity contribution in [2.75, 3.05) is 0 Å². The van der Waals surface area contributed by atoms with Crippen LogP contribution in [-0.4, -0.2) is 15.6 Å². The lowest BCUT2D eigenvalue weighted by atomic mass is 10.1. The van der Waals surface area contributed by atoms with E-state index in [2.05, 4.69) is 13.0 Å². The topological polar surface area (TPSA) is 66.0 Å². The average Bonchev–Trinajstić information content (AvgIpc) is 2.82. The van der Waals surface area contributed by atoms with Gasteiger partial charge in [0.1, 0.15) is 6.07 Å². The Hall–Kier alpha value is -2.54. The van der Waals surface area contributed by atoms with E-state index in [0.717, 1.165) is 24.1 Å². The van der Waals surface area contributed by atoms with Gasteiger partial charge in [-0.2, -0.15) is 5.26 Å². The number of nitriles is 1. The van der Waals surface area contributed by atoms with E-state index in [1.54, 1.807) is 30.5 Å². The van der Waals surface area contributed by atoms with E-state index >= 15 is 0 Å². The minimum atomic E-state index is -0.941. The van der Waals surface area contributed by atoms with Crippen LogP contribution in [0, 0.1) is 11.3 Å². The highest BCUT2D eigenvalue weighted by Gasteiger charge is 2.08. The maximum absolute atomic E-state index is 10.8. The normalized spacial score (nSPS) is 10.1. The fraction of sp³-hybridized carbons (Fsp3) is 0.200. The van der Waals surface area contributed by atoms with E-state index < -0.39 is 5.97 Å². The number of carboxylic acids is 1. The number of rotatable bonds is 4. The SMILES string of the molecule is CCCc1cn(-c2ccc(C(=O)O)cc2)cc1C#N. The Morgan fingerprint density at radius 1 is 1.32 bits per heavy atom. The zero-order valence-electron chi connectivity index (χ0n) is 10.6. The summed E-state index contributed by atoms with van der Waals surface area (Å²) in [5.74, 6) is -0.941. The number of aromatic nitrogens is 1. The van der Waals surface area contributed by atoms with E-state index in [9.17, 15) is 4.79 Å². The Balaban J connectivity index is 2.36. The van der Waals surface area contributed by atoms with Crippen LogP contribution < -0.4 is 0 Å². The second-order valence-corrected chi connectivity index (χ2v) is 4.32. The van der Waals surface area contributed by atoms with Crippen LogP contribution in [0.2, 0.25) is 0 Å². The fourth-order valence-corrected chi connectivity index (χ4v) is 1.99. The van der Waals surface area contributed by atoms with E-state index in [1.807, 2.05) is 10.8 Å². The highest BCUT2D eigenvalue weighted by Crippen LogP contribution is 2.17. The largest absolute Gasteiger partial charge is 0.478 e. The van der Waals surface area contributed by atoms with E-state index in [4.69, 9.17) is 10.4 Å². The third kappa shape index (κ3) is 2.66. The van der Waals surface area contributed by atoms with Crippen molar-refractivity contribution in [2.45, 2.75) is 19.8 Å². The molecule has 0 bridgehead atoms. The van der Waals surface area contributed by atoms with Crippen molar-refractivity contribution in [1.82, 2.24) is 4.57 Å². The lowest BCUT2D eigenvalue weighted by molar-refractivity contribution is 0.0697. The van der Waals surface area contributed by atoms with Crippen molar-refractivity contribution in [1.29, 1.82) is 5.26 Å². The van der Waals surface area contributed by atoms with Crippen LogP contribution in [0.25, 0.3) is 5.69 Å². The Labute approximate surface area is 111 Å². The standard InChI is InChI=1S/C15H14N2O2/c1-2-3-12-9-17(10-13(12)8-16)14-6-4-11(5-7-14)15(18)19/h4-7,9-10H,2-3H2,1H3,(H,18,19). The highest BCUT2D eigenvalue weighted by atomic mass is 16.4. The smallest absolute Gasteiger partial charge is 0.335 e. The third-order valence-electron chi connectivity index (χ3n) is 2.96. The molecule has 0 saturated carbocycles. The molecule has 0 aliphatic heterocycles. The monoisotopic (exact) mass is 254 g/mol. The molecule has 19 heavy (non-hydrogen) atoms. The van der Waals surface area contributed by atoms with Gasteiger partial charge in [-0.05, 0) is 36.2 Å². The van der Waals surface area contributed by atoms with Crippen LogP contribution >= 0.6 is 0 Å². The first-order valence-electron chi connectivity index (χ1n) is 6.10. The summed E-state index contributed by atoms with van der Waals surface area (Å²) >= 11 is 0. The molecule has 96 valence electrons. The molecule has 1 N–H and O–H groups in total. The summed E-state index contributed by atoms with van der Waals surface area (Å²) in [6.45, 7) is 2.07. The van der Waals surface area contributed by atoms with Gasteiger partial charge in [0.15, 0.2) is 0 Å². The van der Waals surface area contributed by atoms with Crippen molar-refractivity contribution >= 4 is 5.97 Å². The molecule has 1 heterocycles. The van der Waals surface area contributed by atoms with Crippen molar-refractivity contribution in [2.24, 2.45) is 0 Å². The molecule has 1 aromatic heterocycles. The minimum absolute atomic E-state index is 0.255. The van der Waals surface area contributed by atoms with Gasteiger partial charge in [-0.25, -0.2) is 4.79 Å². The lowest BCUT2D eigenvalue weighted by Gasteiger charge is -2.02. The van der Waals surface area contributed by atoms with Crippen molar-refractivity contribution < 1.29 is 9.90 Å². The van der Waals surface area contributed by atoms with Crippen LogP contribution in [0.1, 0.15) is 34.8 Å². The molecule has 0 saturated heterocycles. The number of hydrogen-bond donors (Lipinski definition) is 1. The zero-order chi connectivity index (χ0) is 13.8. The molecule has 0 aliphatic carbocycles. The van der Waals surface area contributed by atoms with Gasteiger partial charge >= 0.3 is 5.97 Å². The first-order valence-corrected chi connectivity index (χ1v) is 6.10. The maximum atomic E-state index is 10.8. The Bertz CT molecular complexity index is 633. The molecular formula is C15H14N2O2. The fourth-order valence-electron chi connectivity index (χ4n) is 1.99. The van der Waals surface area contributed by atoms with Crippen molar-refractivity contribution in [3.8, 4) is 11.8 Å². The molecule has 0 spiro atoms.